The van der Waals surface area contributed by atoms with Crippen LogP contribution in [0.2, 0.25) is 0 Å². The molecular formula is C18H32O7S3. The van der Waals surface area contributed by atoms with Gasteiger partial charge in [0.15, 0.2) is 0 Å². The summed E-state index contributed by atoms with van der Waals surface area (Å²) in [4.78, 5) is 31.9. The summed E-state index contributed by atoms with van der Waals surface area (Å²) in [5.74, 6) is 0.109. The van der Waals surface area contributed by atoms with E-state index in [1.807, 2.05) is 6.92 Å². The molecule has 0 aliphatic heterocycles. The SMILES string of the molecule is CCOC(CCCSCC(=O)O)(CCCSCC(=O)O)CCCSCC(=O)O. The molecule has 10 heteroatoms. The second-order valence-electron chi connectivity index (χ2n) is 6.27. The van der Waals surface area contributed by atoms with Crippen LogP contribution in [-0.2, 0) is 19.1 Å². The summed E-state index contributed by atoms with van der Waals surface area (Å²) >= 11 is 4.19. The van der Waals surface area contributed by atoms with Crippen molar-refractivity contribution in [1.29, 1.82) is 0 Å². The van der Waals surface area contributed by atoms with Gasteiger partial charge in [-0.1, -0.05) is 0 Å². The number of ether oxygens (including phenoxy) is 1. The van der Waals surface area contributed by atoms with Crippen LogP contribution in [0.4, 0.5) is 0 Å². The minimum Gasteiger partial charge on any atom is -0.481 e. The normalized spacial score (nSPS) is 11.5. The molecule has 0 aliphatic rings. The van der Waals surface area contributed by atoms with Crippen molar-refractivity contribution in [3.8, 4) is 0 Å². The van der Waals surface area contributed by atoms with Gasteiger partial charge < -0.3 is 20.1 Å². The Morgan fingerprint density at radius 3 is 1.29 bits per heavy atom. The first-order chi connectivity index (χ1) is 13.3. The molecule has 0 rings (SSSR count). The number of hydrogen-bond acceptors (Lipinski definition) is 7. The van der Waals surface area contributed by atoms with Crippen LogP contribution < -0.4 is 0 Å². The van der Waals surface area contributed by atoms with Crippen LogP contribution in [0.5, 0.6) is 0 Å². The molecule has 0 atom stereocenters. The van der Waals surface area contributed by atoms with Crippen molar-refractivity contribution in [3.05, 3.63) is 0 Å². The van der Waals surface area contributed by atoms with Gasteiger partial charge in [-0.3, -0.25) is 14.4 Å². The van der Waals surface area contributed by atoms with E-state index in [1.165, 1.54) is 35.3 Å². The van der Waals surface area contributed by atoms with Crippen LogP contribution in [0.15, 0.2) is 0 Å². The highest BCUT2D eigenvalue weighted by Gasteiger charge is 2.29. The molecule has 0 radical (unpaired) electrons. The fraction of sp³-hybridized carbons (Fsp3) is 0.833. The van der Waals surface area contributed by atoms with Gasteiger partial charge in [0.2, 0.25) is 0 Å². The number of thioether (sulfide) groups is 3. The lowest BCUT2D eigenvalue weighted by Crippen LogP contribution is -2.33. The number of aliphatic carboxylic acids is 3. The predicted molar refractivity (Wildman–Crippen MR) is 117 cm³/mol. The summed E-state index contributed by atoms with van der Waals surface area (Å²) in [6.07, 6.45) is 5.01. The number of rotatable bonds is 20. The van der Waals surface area contributed by atoms with Crippen LogP contribution in [0.25, 0.3) is 0 Å². The van der Waals surface area contributed by atoms with Crippen molar-refractivity contribution in [2.45, 2.75) is 51.0 Å². The molecule has 28 heavy (non-hydrogen) atoms. The van der Waals surface area contributed by atoms with Crippen molar-refractivity contribution >= 4 is 53.2 Å². The van der Waals surface area contributed by atoms with Crippen molar-refractivity contribution in [2.75, 3.05) is 41.1 Å². The zero-order valence-electron chi connectivity index (χ0n) is 16.4. The number of hydrogen-bond donors (Lipinski definition) is 3. The molecule has 0 saturated heterocycles. The smallest absolute Gasteiger partial charge is 0.313 e. The lowest BCUT2D eigenvalue weighted by atomic mass is 9.88. The molecule has 0 unspecified atom stereocenters. The molecule has 0 fully saturated rings. The first-order valence-corrected chi connectivity index (χ1v) is 12.8. The molecule has 0 aromatic carbocycles. The lowest BCUT2D eigenvalue weighted by molar-refractivity contribution is -0.134. The second-order valence-corrected chi connectivity index (χ2v) is 9.58. The summed E-state index contributed by atoms with van der Waals surface area (Å²) in [6, 6.07) is 0. The van der Waals surface area contributed by atoms with Gasteiger partial charge >= 0.3 is 17.9 Å². The highest BCUT2D eigenvalue weighted by Crippen LogP contribution is 2.32. The Morgan fingerprint density at radius 2 is 1.04 bits per heavy atom. The first kappa shape index (κ1) is 27.4. The Balaban J connectivity index is 4.57. The summed E-state index contributed by atoms with van der Waals surface area (Å²) in [6.45, 7) is 2.53. The van der Waals surface area contributed by atoms with Gasteiger partial charge in [-0.15, -0.1) is 0 Å². The van der Waals surface area contributed by atoms with E-state index in [1.54, 1.807) is 0 Å². The Kier molecular flexibility index (Phi) is 16.9. The van der Waals surface area contributed by atoms with Gasteiger partial charge in [-0.2, -0.15) is 35.3 Å². The fourth-order valence-electron chi connectivity index (χ4n) is 2.87. The van der Waals surface area contributed by atoms with Crippen LogP contribution >= 0.6 is 35.3 Å². The van der Waals surface area contributed by atoms with E-state index >= 15 is 0 Å². The van der Waals surface area contributed by atoms with Crippen LogP contribution in [-0.4, -0.2) is 80.0 Å². The molecule has 0 spiro atoms. The second kappa shape index (κ2) is 17.3. The number of carbonyl (C=O) groups is 3. The zero-order chi connectivity index (χ0) is 21.3. The largest absolute Gasteiger partial charge is 0.481 e. The Hall–Kier alpha value is -0.580. The fourth-order valence-corrected chi connectivity index (χ4v) is 4.87. The quantitative estimate of drug-likeness (QED) is 0.234. The Labute approximate surface area is 179 Å². The number of carboxylic acids is 3. The molecule has 0 aromatic heterocycles. The summed E-state index contributed by atoms with van der Waals surface area (Å²) in [5.41, 5.74) is -0.313. The Bertz CT molecular complexity index is 401. The monoisotopic (exact) mass is 456 g/mol. The highest BCUT2D eigenvalue weighted by atomic mass is 32.2. The van der Waals surface area contributed by atoms with Gasteiger partial charge in [-0.05, 0) is 62.7 Å². The summed E-state index contributed by atoms with van der Waals surface area (Å²) in [7, 11) is 0. The van der Waals surface area contributed by atoms with E-state index in [0.29, 0.717) is 6.61 Å². The third-order valence-electron chi connectivity index (χ3n) is 3.89. The first-order valence-electron chi connectivity index (χ1n) is 9.34. The zero-order valence-corrected chi connectivity index (χ0v) is 18.8. The molecule has 7 nitrogen and oxygen atoms in total. The van der Waals surface area contributed by atoms with Crippen LogP contribution in [0.1, 0.15) is 45.4 Å². The van der Waals surface area contributed by atoms with E-state index < -0.39 is 17.9 Å². The van der Waals surface area contributed by atoms with Gasteiger partial charge in [0.1, 0.15) is 0 Å². The summed E-state index contributed by atoms with van der Waals surface area (Å²) in [5, 5.41) is 26.2. The van der Waals surface area contributed by atoms with Gasteiger partial charge in [0.05, 0.1) is 22.9 Å². The molecule has 0 aliphatic carbocycles. The van der Waals surface area contributed by atoms with Crippen molar-refractivity contribution in [2.24, 2.45) is 0 Å². The van der Waals surface area contributed by atoms with Gasteiger partial charge in [0, 0.05) is 6.61 Å². The van der Waals surface area contributed by atoms with E-state index in [4.69, 9.17) is 20.1 Å². The van der Waals surface area contributed by atoms with E-state index in [0.717, 1.165) is 55.8 Å². The Morgan fingerprint density at radius 1 is 0.714 bits per heavy atom. The van der Waals surface area contributed by atoms with E-state index in [2.05, 4.69) is 0 Å². The standard InChI is InChI=1S/C18H32O7S3/c1-2-25-18(6-3-9-26-12-15(19)20,7-4-10-27-13-16(21)22)8-5-11-28-14-17(23)24/h2-14H2,1H3,(H,19,20)(H,21,22)(H,23,24). The molecule has 0 aromatic rings. The molecule has 0 amide bonds. The molecule has 0 saturated carbocycles. The summed E-state index contributed by atoms with van der Waals surface area (Å²) < 4.78 is 6.14. The van der Waals surface area contributed by atoms with Gasteiger partial charge in [0.25, 0.3) is 0 Å². The van der Waals surface area contributed by atoms with Crippen LogP contribution in [0.3, 0.4) is 0 Å². The third-order valence-corrected chi connectivity index (χ3v) is 6.98. The molecule has 3 N–H and O–H groups in total. The van der Waals surface area contributed by atoms with Crippen molar-refractivity contribution < 1.29 is 34.4 Å². The lowest BCUT2D eigenvalue weighted by Gasteiger charge is -2.34. The average Bonchev–Trinajstić information content (AvgIpc) is 2.60. The van der Waals surface area contributed by atoms with Gasteiger partial charge in [-0.25, -0.2) is 0 Å². The van der Waals surface area contributed by atoms with E-state index in [-0.39, 0.29) is 22.9 Å². The van der Waals surface area contributed by atoms with Crippen molar-refractivity contribution in [3.63, 3.8) is 0 Å². The third kappa shape index (κ3) is 16.4. The highest BCUT2D eigenvalue weighted by molar-refractivity contribution is 8.00. The maximum atomic E-state index is 10.6. The molecular weight excluding hydrogens is 424 g/mol. The van der Waals surface area contributed by atoms with E-state index in [9.17, 15) is 14.4 Å². The average molecular weight is 457 g/mol. The number of carboxylic acid groups (broad SMARTS) is 3. The van der Waals surface area contributed by atoms with Crippen molar-refractivity contribution in [1.82, 2.24) is 0 Å². The van der Waals surface area contributed by atoms with Crippen LogP contribution in [0, 0.1) is 0 Å². The molecule has 0 bridgehead atoms. The maximum Gasteiger partial charge on any atom is 0.313 e. The maximum absolute atomic E-state index is 10.6. The minimum atomic E-state index is -0.813. The predicted octanol–water partition coefficient (Wildman–Crippen LogP) is 3.56. The minimum absolute atomic E-state index is 0.0965. The molecule has 164 valence electrons. The molecule has 0 heterocycles. The topological polar surface area (TPSA) is 121 Å².